The lowest BCUT2D eigenvalue weighted by molar-refractivity contribution is -0.123. The van der Waals surface area contributed by atoms with Crippen LogP contribution in [0.2, 0.25) is 0 Å². The van der Waals surface area contributed by atoms with Gasteiger partial charge in [-0.05, 0) is 19.9 Å². The molecule has 0 bridgehead atoms. The lowest BCUT2D eigenvalue weighted by Crippen LogP contribution is -2.41. The fraction of sp³-hybridized carbons (Fsp3) is 0.417. The van der Waals surface area contributed by atoms with Gasteiger partial charge in [-0.25, -0.2) is 0 Å². The lowest BCUT2D eigenvalue weighted by atomic mass is 9.89. The maximum absolute atomic E-state index is 11.8. The molecule has 2 aliphatic rings. The number of amides is 1. The van der Waals surface area contributed by atoms with E-state index in [1.54, 1.807) is 11.0 Å². The molecule has 0 atom stereocenters. The zero-order chi connectivity index (χ0) is 11.2. The van der Waals surface area contributed by atoms with E-state index in [4.69, 9.17) is 0 Å². The number of rotatable bonds is 0. The molecule has 1 amide bonds. The van der Waals surface area contributed by atoms with Gasteiger partial charge in [0.25, 0.3) is 5.91 Å². The molecule has 0 unspecified atom stereocenters. The minimum atomic E-state index is 0.000810. The van der Waals surface area contributed by atoms with Gasteiger partial charge in [-0.15, -0.1) is 0 Å². The second kappa shape index (κ2) is 2.99. The smallest absolute Gasteiger partial charge is 0.258 e. The third-order valence-electron chi connectivity index (χ3n) is 2.57. The van der Waals surface area contributed by atoms with Gasteiger partial charge in [0.2, 0.25) is 0 Å². The number of fused-ring (bicyclic) bond motifs is 1. The van der Waals surface area contributed by atoms with Crippen molar-refractivity contribution in [2.75, 3.05) is 0 Å². The molecule has 3 nitrogen and oxygen atoms in total. The molecule has 80 valence electrons. The standard InChI is InChI=1S/C12H16N2O/c1-8-5-11(15)14-9(2)6-12(3,4)7-10(14)13-8/h5-7,13H,1-4H3. The maximum Gasteiger partial charge on any atom is 0.258 e. The first-order valence-corrected chi connectivity index (χ1v) is 5.11. The second-order valence-electron chi connectivity index (χ2n) is 4.76. The molecule has 2 heterocycles. The predicted octanol–water partition coefficient (Wildman–Crippen LogP) is 2.11. The number of hydrogen-bond acceptors (Lipinski definition) is 2. The first-order valence-electron chi connectivity index (χ1n) is 5.11. The van der Waals surface area contributed by atoms with E-state index in [0.717, 1.165) is 17.2 Å². The van der Waals surface area contributed by atoms with Gasteiger partial charge in [-0.2, -0.15) is 0 Å². The highest BCUT2D eigenvalue weighted by Gasteiger charge is 2.30. The van der Waals surface area contributed by atoms with E-state index in [9.17, 15) is 4.79 Å². The van der Waals surface area contributed by atoms with E-state index in [-0.39, 0.29) is 11.3 Å². The van der Waals surface area contributed by atoms with E-state index in [1.807, 2.05) is 13.8 Å². The summed E-state index contributed by atoms with van der Waals surface area (Å²) in [5.41, 5.74) is 1.88. The van der Waals surface area contributed by atoms with Crippen LogP contribution in [0.1, 0.15) is 27.7 Å². The second-order valence-corrected chi connectivity index (χ2v) is 4.76. The Morgan fingerprint density at radius 1 is 1.27 bits per heavy atom. The summed E-state index contributed by atoms with van der Waals surface area (Å²) in [5.74, 6) is 0.909. The number of carbonyl (C=O) groups excluding carboxylic acids is 1. The molecule has 0 saturated carbocycles. The molecule has 0 spiro atoms. The summed E-state index contributed by atoms with van der Waals surface area (Å²) in [6.45, 7) is 8.11. The molecule has 2 rings (SSSR count). The third kappa shape index (κ3) is 1.69. The van der Waals surface area contributed by atoms with Crippen molar-refractivity contribution < 1.29 is 4.79 Å². The number of nitrogens with zero attached hydrogens (tertiary/aromatic N) is 1. The molecule has 0 aromatic heterocycles. The van der Waals surface area contributed by atoms with Crippen molar-refractivity contribution in [1.82, 2.24) is 10.2 Å². The van der Waals surface area contributed by atoms with Crippen molar-refractivity contribution in [2.24, 2.45) is 5.41 Å². The number of carbonyl (C=O) groups is 1. The molecular formula is C12H16N2O. The summed E-state index contributed by atoms with van der Waals surface area (Å²) in [6, 6.07) is 0. The van der Waals surface area contributed by atoms with Gasteiger partial charge in [0, 0.05) is 22.9 Å². The quantitative estimate of drug-likeness (QED) is 0.655. The molecule has 0 fully saturated rings. The van der Waals surface area contributed by atoms with E-state index in [0.29, 0.717) is 0 Å². The van der Waals surface area contributed by atoms with Crippen LogP contribution in [-0.4, -0.2) is 10.8 Å². The fourth-order valence-electron chi connectivity index (χ4n) is 2.12. The van der Waals surface area contributed by atoms with Gasteiger partial charge in [0.1, 0.15) is 5.82 Å². The van der Waals surface area contributed by atoms with Crippen molar-refractivity contribution >= 4 is 5.91 Å². The lowest BCUT2D eigenvalue weighted by Gasteiger charge is -2.36. The molecule has 0 aliphatic carbocycles. The molecule has 0 saturated heterocycles. The first-order chi connectivity index (χ1) is 6.89. The van der Waals surface area contributed by atoms with Crippen LogP contribution in [-0.2, 0) is 4.79 Å². The van der Waals surface area contributed by atoms with Crippen molar-refractivity contribution in [3.63, 3.8) is 0 Å². The molecule has 3 heteroatoms. The average Bonchev–Trinajstić information content (AvgIpc) is 1.97. The van der Waals surface area contributed by atoms with Crippen molar-refractivity contribution in [3.05, 3.63) is 35.4 Å². The summed E-state index contributed by atoms with van der Waals surface area (Å²) < 4.78 is 0. The van der Waals surface area contributed by atoms with Gasteiger partial charge in [-0.3, -0.25) is 9.69 Å². The van der Waals surface area contributed by atoms with Gasteiger partial charge < -0.3 is 5.32 Å². The van der Waals surface area contributed by atoms with Crippen LogP contribution in [0.15, 0.2) is 35.4 Å². The van der Waals surface area contributed by atoms with Gasteiger partial charge in [0.15, 0.2) is 0 Å². The molecule has 2 aliphatic heterocycles. The van der Waals surface area contributed by atoms with E-state index >= 15 is 0 Å². The Morgan fingerprint density at radius 3 is 2.60 bits per heavy atom. The summed E-state index contributed by atoms with van der Waals surface area (Å²) in [4.78, 5) is 13.5. The van der Waals surface area contributed by atoms with Gasteiger partial charge in [0.05, 0.1) is 0 Å². The van der Waals surface area contributed by atoms with E-state index in [2.05, 4.69) is 31.3 Å². The van der Waals surface area contributed by atoms with Crippen LogP contribution in [0.25, 0.3) is 0 Å². The van der Waals surface area contributed by atoms with Crippen molar-refractivity contribution in [2.45, 2.75) is 27.7 Å². The zero-order valence-corrected chi connectivity index (χ0v) is 9.59. The summed E-state index contributed by atoms with van der Waals surface area (Å²) in [5, 5.41) is 3.22. The minimum absolute atomic E-state index is 0.000810. The van der Waals surface area contributed by atoms with Crippen LogP contribution < -0.4 is 5.32 Å². The minimum Gasteiger partial charge on any atom is -0.345 e. The van der Waals surface area contributed by atoms with E-state index in [1.165, 1.54) is 0 Å². The van der Waals surface area contributed by atoms with E-state index < -0.39 is 0 Å². The SMILES string of the molecule is CC1=CC(=O)N2C(C)=CC(C)(C)C=C2N1. The summed E-state index contributed by atoms with van der Waals surface area (Å²) in [7, 11) is 0. The highest BCUT2D eigenvalue weighted by Crippen LogP contribution is 2.32. The van der Waals surface area contributed by atoms with Gasteiger partial charge >= 0.3 is 0 Å². The van der Waals surface area contributed by atoms with Crippen LogP contribution >= 0.6 is 0 Å². The molecule has 0 aromatic rings. The summed E-state index contributed by atoms with van der Waals surface area (Å²) >= 11 is 0. The number of allylic oxidation sites excluding steroid dienone is 4. The van der Waals surface area contributed by atoms with Crippen LogP contribution in [0.5, 0.6) is 0 Å². The number of hydrogen-bond donors (Lipinski definition) is 1. The maximum atomic E-state index is 11.8. The normalized spacial score (nSPS) is 23.6. The van der Waals surface area contributed by atoms with Gasteiger partial charge in [-0.1, -0.05) is 19.9 Å². The first kappa shape index (κ1) is 10.0. The molecule has 0 aromatic carbocycles. The Hall–Kier alpha value is -1.51. The molecule has 0 radical (unpaired) electrons. The summed E-state index contributed by atoms with van der Waals surface area (Å²) in [6.07, 6.45) is 5.80. The Morgan fingerprint density at radius 2 is 1.93 bits per heavy atom. The average molecular weight is 204 g/mol. The van der Waals surface area contributed by atoms with Crippen LogP contribution in [0.4, 0.5) is 0 Å². The number of nitrogens with one attached hydrogen (secondary N) is 1. The monoisotopic (exact) mass is 204 g/mol. The molecule has 1 N–H and O–H groups in total. The Bertz CT molecular complexity index is 413. The fourth-order valence-corrected chi connectivity index (χ4v) is 2.12. The Balaban J connectivity index is 2.48. The van der Waals surface area contributed by atoms with Crippen LogP contribution in [0, 0.1) is 5.41 Å². The predicted molar refractivity (Wildman–Crippen MR) is 59.4 cm³/mol. The van der Waals surface area contributed by atoms with Crippen LogP contribution in [0.3, 0.4) is 0 Å². The zero-order valence-electron chi connectivity index (χ0n) is 9.59. The highest BCUT2D eigenvalue weighted by atomic mass is 16.2. The topological polar surface area (TPSA) is 32.3 Å². The highest BCUT2D eigenvalue weighted by molar-refractivity contribution is 5.92. The van der Waals surface area contributed by atoms with Crippen molar-refractivity contribution in [3.8, 4) is 0 Å². The van der Waals surface area contributed by atoms with Crippen molar-refractivity contribution in [1.29, 1.82) is 0 Å². The third-order valence-corrected chi connectivity index (χ3v) is 2.57. The largest absolute Gasteiger partial charge is 0.345 e. The molecular weight excluding hydrogens is 188 g/mol. The Labute approximate surface area is 90.1 Å². The molecule has 15 heavy (non-hydrogen) atoms. The Kier molecular flexibility index (Phi) is 2.00.